The van der Waals surface area contributed by atoms with Gasteiger partial charge in [-0.1, -0.05) is 13.8 Å². The molecule has 0 saturated carbocycles. The highest BCUT2D eigenvalue weighted by atomic mass is 16.2. The summed E-state index contributed by atoms with van der Waals surface area (Å²) in [6.45, 7) is 5.14. The molecule has 0 heterocycles. The summed E-state index contributed by atoms with van der Waals surface area (Å²) in [7, 11) is 0. The lowest BCUT2D eigenvalue weighted by atomic mass is 10.1. The van der Waals surface area contributed by atoms with Crippen LogP contribution in [0.3, 0.4) is 0 Å². The highest BCUT2D eigenvalue weighted by Gasteiger charge is 2.07. The van der Waals surface area contributed by atoms with E-state index in [4.69, 9.17) is 0 Å². The molecule has 0 spiro atoms. The van der Waals surface area contributed by atoms with Gasteiger partial charge in [-0.15, -0.1) is 0 Å². The molecule has 0 radical (unpaired) electrons. The van der Waals surface area contributed by atoms with Crippen molar-refractivity contribution in [3.05, 3.63) is 0 Å². The van der Waals surface area contributed by atoms with E-state index in [0.29, 0.717) is 18.6 Å². The lowest BCUT2D eigenvalue weighted by molar-refractivity contribution is -0.118. The number of hydrogen-bond donors (Lipinski definition) is 1. The lowest BCUT2D eigenvalue weighted by Crippen LogP contribution is -2.20. The summed E-state index contributed by atoms with van der Waals surface area (Å²) in [5, 5.41) is 3.73. The van der Waals surface area contributed by atoms with Crippen LogP contribution in [-0.4, -0.2) is 17.4 Å². The van der Waals surface area contributed by atoms with Crippen LogP contribution >= 0.6 is 0 Å². The predicted octanol–water partition coefficient (Wildman–Crippen LogP) is 1.26. The number of hydrazone groups is 1. The first-order valence-electron chi connectivity index (χ1n) is 4.48. The van der Waals surface area contributed by atoms with Gasteiger partial charge in [0, 0.05) is 13.3 Å². The Morgan fingerprint density at radius 2 is 1.92 bits per heavy atom. The number of amides is 1. The molecule has 0 atom stereocenters. The van der Waals surface area contributed by atoms with Crippen molar-refractivity contribution in [2.75, 3.05) is 0 Å². The molecule has 0 rings (SSSR count). The highest BCUT2D eigenvalue weighted by Crippen LogP contribution is 1.95. The Kier molecular flexibility index (Phi) is 5.76. The Morgan fingerprint density at radius 1 is 1.31 bits per heavy atom. The largest absolute Gasteiger partial charge is 0.293 e. The molecular weight excluding hydrogens is 168 g/mol. The molecule has 0 aromatic carbocycles. The lowest BCUT2D eigenvalue weighted by Gasteiger charge is -2.00. The fraction of sp³-hybridized carbons (Fsp3) is 0.667. The second-order valence-electron chi connectivity index (χ2n) is 2.75. The summed E-state index contributed by atoms with van der Waals surface area (Å²) >= 11 is 0. The van der Waals surface area contributed by atoms with Crippen molar-refractivity contribution < 1.29 is 9.59 Å². The molecule has 0 unspecified atom stereocenters. The van der Waals surface area contributed by atoms with Gasteiger partial charge >= 0.3 is 0 Å². The van der Waals surface area contributed by atoms with E-state index in [-0.39, 0.29) is 11.7 Å². The average Bonchev–Trinajstić information content (AvgIpc) is 2.05. The molecule has 74 valence electrons. The minimum atomic E-state index is -0.254. The van der Waals surface area contributed by atoms with Crippen molar-refractivity contribution in [3.8, 4) is 0 Å². The maximum atomic E-state index is 11.3. The molecule has 1 amide bonds. The van der Waals surface area contributed by atoms with Crippen LogP contribution in [0.4, 0.5) is 0 Å². The first-order valence-corrected chi connectivity index (χ1v) is 4.48. The van der Waals surface area contributed by atoms with Crippen LogP contribution in [0, 0.1) is 0 Å². The Bertz CT molecular complexity index is 222. The second kappa shape index (κ2) is 6.34. The van der Waals surface area contributed by atoms with Gasteiger partial charge in [-0.2, -0.15) is 5.10 Å². The third kappa shape index (κ3) is 5.11. The number of carbonyl (C=O) groups is 2. The smallest absolute Gasteiger partial charge is 0.236 e. The Morgan fingerprint density at radius 3 is 2.31 bits per heavy atom. The van der Waals surface area contributed by atoms with E-state index in [9.17, 15) is 9.59 Å². The monoisotopic (exact) mass is 184 g/mol. The van der Waals surface area contributed by atoms with Crippen molar-refractivity contribution in [3.63, 3.8) is 0 Å². The minimum Gasteiger partial charge on any atom is -0.293 e. The van der Waals surface area contributed by atoms with Crippen molar-refractivity contribution in [2.45, 2.75) is 40.0 Å². The molecule has 0 aliphatic rings. The Balaban J connectivity index is 4.22. The molecule has 0 aliphatic carbocycles. The standard InChI is InChI=1S/C9H16N2O2/c1-4-6-9(13)8(5-2)11-10-7(3)12/h4-6H2,1-3H3,(H,10,12). The molecule has 0 aromatic rings. The maximum Gasteiger partial charge on any atom is 0.236 e. The van der Waals surface area contributed by atoms with E-state index in [1.54, 1.807) is 0 Å². The fourth-order valence-corrected chi connectivity index (χ4v) is 0.856. The van der Waals surface area contributed by atoms with Crippen molar-refractivity contribution in [1.29, 1.82) is 0 Å². The first kappa shape index (κ1) is 11.8. The molecule has 1 N–H and O–H groups in total. The predicted molar refractivity (Wildman–Crippen MR) is 51.5 cm³/mol. The van der Waals surface area contributed by atoms with E-state index in [1.165, 1.54) is 6.92 Å². The van der Waals surface area contributed by atoms with Gasteiger partial charge in [-0.3, -0.25) is 9.59 Å². The summed E-state index contributed by atoms with van der Waals surface area (Å²) in [5.74, 6) is -0.242. The summed E-state index contributed by atoms with van der Waals surface area (Å²) in [6, 6.07) is 0. The van der Waals surface area contributed by atoms with Crippen molar-refractivity contribution in [1.82, 2.24) is 5.43 Å². The third-order valence-electron chi connectivity index (χ3n) is 1.48. The molecule has 4 heteroatoms. The van der Waals surface area contributed by atoms with Gasteiger partial charge in [0.15, 0.2) is 5.78 Å². The SMILES string of the molecule is CCCC(=O)C(CC)=NNC(C)=O. The number of nitrogens with one attached hydrogen (secondary N) is 1. The molecule has 0 aromatic heterocycles. The zero-order chi connectivity index (χ0) is 10.3. The summed E-state index contributed by atoms with van der Waals surface area (Å²) in [6.07, 6.45) is 1.85. The van der Waals surface area contributed by atoms with Gasteiger partial charge in [0.2, 0.25) is 5.91 Å². The topological polar surface area (TPSA) is 58.5 Å². The van der Waals surface area contributed by atoms with Crippen molar-refractivity contribution in [2.24, 2.45) is 5.10 Å². The zero-order valence-electron chi connectivity index (χ0n) is 8.39. The highest BCUT2D eigenvalue weighted by molar-refractivity contribution is 6.39. The maximum absolute atomic E-state index is 11.3. The third-order valence-corrected chi connectivity index (χ3v) is 1.48. The first-order chi connectivity index (χ1) is 6.11. The minimum absolute atomic E-state index is 0.0127. The summed E-state index contributed by atoms with van der Waals surface area (Å²) in [5.41, 5.74) is 2.71. The average molecular weight is 184 g/mol. The van der Waals surface area contributed by atoms with Crippen LogP contribution in [0.1, 0.15) is 40.0 Å². The van der Waals surface area contributed by atoms with E-state index < -0.39 is 0 Å². The van der Waals surface area contributed by atoms with Crippen molar-refractivity contribution >= 4 is 17.4 Å². The summed E-state index contributed by atoms with van der Waals surface area (Å²) < 4.78 is 0. The van der Waals surface area contributed by atoms with Gasteiger partial charge in [-0.05, 0) is 12.8 Å². The molecule has 0 fully saturated rings. The van der Waals surface area contributed by atoms with E-state index in [0.717, 1.165) is 6.42 Å². The number of carbonyl (C=O) groups excluding carboxylic acids is 2. The number of nitrogens with zero attached hydrogens (tertiary/aromatic N) is 1. The van der Waals surface area contributed by atoms with Crippen LogP contribution in [0.25, 0.3) is 0 Å². The quantitative estimate of drug-likeness (QED) is 0.516. The van der Waals surface area contributed by atoms with Gasteiger partial charge < -0.3 is 0 Å². The molecule has 0 bridgehead atoms. The van der Waals surface area contributed by atoms with E-state index >= 15 is 0 Å². The second-order valence-corrected chi connectivity index (χ2v) is 2.75. The summed E-state index contributed by atoms with van der Waals surface area (Å²) in [4.78, 5) is 21.8. The number of ketones is 1. The van der Waals surface area contributed by atoms with Crippen LogP contribution in [0.5, 0.6) is 0 Å². The Labute approximate surface area is 78.4 Å². The molecule has 4 nitrogen and oxygen atoms in total. The van der Waals surface area contributed by atoms with E-state index in [2.05, 4.69) is 10.5 Å². The number of rotatable bonds is 5. The van der Waals surface area contributed by atoms with Gasteiger partial charge in [-0.25, -0.2) is 5.43 Å². The van der Waals surface area contributed by atoms with Crippen LogP contribution in [0.2, 0.25) is 0 Å². The van der Waals surface area contributed by atoms with Gasteiger partial charge in [0.1, 0.15) is 5.71 Å². The molecule has 13 heavy (non-hydrogen) atoms. The Hall–Kier alpha value is -1.19. The van der Waals surface area contributed by atoms with Gasteiger partial charge in [0.25, 0.3) is 0 Å². The van der Waals surface area contributed by atoms with Crippen LogP contribution < -0.4 is 5.43 Å². The normalized spacial score (nSPS) is 11.2. The number of hydrogen-bond acceptors (Lipinski definition) is 3. The van der Waals surface area contributed by atoms with Gasteiger partial charge in [0.05, 0.1) is 0 Å². The molecule has 0 saturated heterocycles. The zero-order valence-corrected chi connectivity index (χ0v) is 8.39. The number of Topliss-reactive ketones (excluding diaryl/α,β-unsaturated/α-hetero) is 1. The fourth-order valence-electron chi connectivity index (χ4n) is 0.856. The van der Waals surface area contributed by atoms with Crippen LogP contribution in [0.15, 0.2) is 5.10 Å². The molecule has 0 aliphatic heterocycles. The van der Waals surface area contributed by atoms with E-state index in [1.807, 2.05) is 13.8 Å². The van der Waals surface area contributed by atoms with Crippen LogP contribution in [-0.2, 0) is 9.59 Å². The molecular formula is C9H16N2O2.